The fourth-order valence-corrected chi connectivity index (χ4v) is 2.85. The molecule has 1 aliphatic rings. The summed E-state index contributed by atoms with van der Waals surface area (Å²) < 4.78 is 5.16. The van der Waals surface area contributed by atoms with Crippen molar-refractivity contribution in [2.24, 2.45) is 11.7 Å². The minimum absolute atomic E-state index is 0.492. The number of aromatic nitrogens is 2. The van der Waals surface area contributed by atoms with Gasteiger partial charge in [-0.3, -0.25) is 0 Å². The van der Waals surface area contributed by atoms with E-state index in [4.69, 9.17) is 10.5 Å². The average molecular weight is 278 g/mol. The Hall–Kier alpha value is -1.85. The van der Waals surface area contributed by atoms with Crippen LogP contribution >= 0.6 is 0 Å². The lowest BCUT2D eigenvalue weighted by molar-refractivity contribution is 0.0236. The molecule has 6 nitrogen and oxygen atoms in total. The first-order valence-corrected chi connectivity index (χ1v) is 6.96. The van der Waals surface area contributed by atoms with Crippen LogP contribution in [-0.2, 0) is 4.74 Å². The second kappa shape index (κ2) is 6.07. The number of nitrogens with zero attached hydrogens (tertiary/aromatic N) is 3. The van der Waals surface area contributed by atoms with Crippen molar-refractivity contribution in [2.75, 3.05) is 18.0 Å². The first kappa shape index (κ1) is 14.6. The van der Waals surface area contributed by atoms with Crippen molar-refractivity contribution in [1.82, 2.24) is 9.97 Å². The van der Waals surface area contributed by atoms with Crippen molar-refractivity contribution in [2.45, 2.75) is 38.7 Å². The topological polar surface area (TPSA) is 81.3 Å². The monoisotopic (exact) mass is 278 g/mol. The molecular formula is C14H22N4O2. The molecule has 1 aromatic rings. The van der Waals surface area contributed by atoms with E-state index < -0.39 is 11.7 Å². The molecule has 110 valence electrons. The molecule has 0 aromatic carbocycles. The van der Waals surface area contributed by atoms with Crippen LogP contribution in [0, 0.1) is 5.92 Å². The zero-order chi connectivity index (χ0) is 14.6. The molecule has 0 radical (unpaired) electrons. The summed E-state index contributed by atoms with van der Waals surface area (Å²) in [7, 11) is 0. The highest BCUT2D eigenvalue weighted by Crippen LogP contribution is 2.29. The number of anilines is 1. The zero-order valence-corrected chi connectivity index (χ0v) is 12.1. The van der Waals surface area contributed by atoms with E-state index in [2.05, 4.69) is 14.9 Å². The van der Waals surface area contributed by atoms with Crippen LogP contribution in [0.5, 0.6) is 0 Å². The number of carbonyl (C=O) groups excluding carboxylic acids is 1. The molecule has 0 spiro atoms. The summed E-state index contributed by atoms with van der Waals surface area (Å²) in [5, 5.41) is 0. The van der Waals surface area contributed by atoms with Crippen molar-refractivity contribution in [3.8, 4) is 0 Å². The lowest BCUT2D eigenvalue weighted by atomic mass is 9.86. The Labute approximate surface area is 119 Å². The Morgan fingerprint density at radius 3 is 2.75 bits per heavy atom. The van der Waals surface area contributed by atoms with Crippen molar-refractivity contribution in [3.05, 3.63) is 18.6 Å². The summed E-state index contributed by atoms with van der Waals surface area (Å²) in [6.07, 6.45) is 5.61. The molecule has 1 amide bonds. The molecule has 0 aliphatic carbocycles. The van der Waals surface area contributed by atoms with Gasteiger partial charge in [0.15, 0.2) is 0 Å². The lowest BCUT2D eigenvalue weighted by Crippen LogP contribution is -2.39. The molecule has 1 fully saturated rings. The summed E-state index contributed by atoms with van der Waals surface area (Å²) >= 11 is 0. The Balaban J connectivity index is 1.84. The minimum Gasteiger partial charge on any atom is -0.444 e. The fraction of sp³-hybridized carbons (Fsp3) is 0.643. The lowest BCUT2D eigenvalue weighted by Gasteiger charge is -2.36. The van der Waals surface area contributed by atoms with Crippen LogP contribution in [0.1, 0.15) is 33.1 Å². The van der Waals surface area contributed by atoms with Crippen LogP contribution in [0.4, 0.5) is 10.6 Å². The maximum absolute atomic E-state index is 10.9. The number of piperidine rings is 1. The van der Waals surface area contributed by atoms with Gasteiger partial charge in [-0.15, -0.1) is 0 Å². The zero-order valence-electron chi connectivity index (χ0n) is 12.1. The number of carbonyl (C=O) groups is 1. The third-order valence-electron chi connectivity index (χ3n) is 3.66. The minimum atomic E-state index is -0.701. The van der Waals surface area contributed by atoms with Gasteiger partial charge in [-0.1, -0.05) is 0 Å². The number of rotatable bonds is 4. The summed E-state index contributed by atoms with van der Waals surface area (Å²) in [4.78, 5) is 21.3. The third kappa shape index (κ3) is 4.08. The molecular weight excluding hydrogens is 256 g/mol. The predicted octanol–water partition coefficient (Wildman–Crippen LogP) is 1.96. The van der Waals surface area contributed by atoms with Crippen LogP contribution in [0.25, 0.3) is 0 Å². The average Bonchev–Trinajstić information content (AvgIpc) is 2.38. The normalized spacial score (nSPS) is 17.0. The second-order valence-corrected chi connectivity index (χ2v) is 5.88. The number of amides is 1. The Bertz CT molecular complexity index is 442. The Morgan fingerprint density at radius 2 is 2.20 bits per heavy atom. The smallest absolute Gasteiger partial charge is 0.405 e. The maximum Gasteiger partial charge on any atom is 0.405 e. The van der Waals surface area contributed by atoms with Gasteiger partial charge in [0, 0.05) is 19.3 Å². The van der Waals surface area contributed by atoms with Gasteiger partial charge in [0.1, 0.15) is 17.7 Å². The van der Waals surface area contributed by atoms with Gasteiger partial charge in [0.2, 0.25) is 0 Å². The van der Waals surface area contributed by atoms with E-state index in [0.29, 0.717) is 5.92 Å². The van der Waals surface area contributed by atoms with Crippen molar-refractivity contribution in [1.29, 1.82) is 0 Å². The Morgan fingerprint density at radius 1 is 1.50 bits per heavy atom. The number of hydrogen-bond donors (Lipinski definition) is 1. The van der Waals surface area contributed by atoms with Crippen molar-refractivity contribution >= 4 is 11.9 Å². The van der Waals surface area contributed by atoms with Crippen LogP contribution in [-0.4, -0.2) is 34.8 Å². The second-order valence-electron chi connectivity index (χ2n) is 5.88. The first-order chi connectivity index (χ1) is 9.46. The summed E-state index contributed by atoms with van der Waals surface area (Å²) in [5.74, 6) is 1.52. The van der Waals surface area contributed by atoms with Crippen LogP contribution < -0.4 is 10.6 Å². The first-order valence-electron chi connectivity index (χ1n) is 6.96. The largest absolute Gasteiger partial charge is 0.444 e. The molecule has 2 N–H and O–H groups in total. The van der Waals surface area contributed by atoms with Crippen molar-refractivity contribution in [3.63, 3.8) is 0 Å². The SMILES string of the molecule is CC(C)(CC1CCN(c2ccncn2)CC1)OC(N)=O. The van der Waals surface area contributed by atoms with Crippen LogP contribution in [0.15, 0.2) is 18.6 Å². The van der Waals surface area contributed by atoms with Crippen molar-refractivity contribution < 1.29 is 9.53 Å². The third-order valence-corrected chi connectivity index (χ3v) is 3.66. The van der Waals surface area contributed by atoms with Gasteiger partial charge in [0.25, 0.3) is 0 Å². The van der Waals surface area contributed by atoms with E-state index in [-0.39, 0.29) is 0 Å². The number of ether oxygens (including phenoxy) is 1. The summed E-state index contributed by atoms with van der Waals surface area (Å²) in [5.41, 5.74) is 4.61. The number of primary amides is 1. The fourth-order valence-electron chi connectivity index (χ4n) is 2.85. The van der Waals surface area contributed by atoms with Crippen LogP contribution in [0.2, 0.25) is 0 Å². The summed E-state index contributed by atoms with van der Waals surface area (Å²) in [6, 6.07) is 1.93. The molecule has 0 saturated carbocycles. The molecule has 0 atom stereocenters. The maximum atomic E-state index is 10.9. The molecule has 20 heavy (non-hydrogen) atoms. The molecule has 2 rings (SSSR count). The highest BCUT2D eigenvalue weighted by atomic mass is 16.6. The predicted molar refractivity (Wildman–Crippen MR) is 76.3 cm³/mol. The van der Waals surface area contributed by atoms with Gasteiger partial charge < -0.3 is 15.4 Å². The summed E-state index contributed by atoms with van der Waals surface area (Å²) in [6.45, 7) is 5.76. The molecule has 6 heteroatoms. The van der Waals surface area contributed by atoms with Gasteiger partial charge in [-0.05, 0) is 45.1 Å². The Kier molecular flexibility index (Phi) is 4.42. The van der Waals surface area contributed by atoms with Gasteiger partial charge in [-0.2, -0.15) is 0 Å². The van der Waals surface area contributed by atoms with Crippen LogP contribution in [0.3, 0.4) is 0 Å². The van der Waals surface area contributed by atoms with Gasteiger partial charge >= 0.3 is 6.09 Å². The molecule has 1 saturated heterocycles. The number of hydrogen-bond acceptors (Lipinski definition) is 5. The van der Waals surface area contributed by atoms with Gasteiger partial charge in [-0.25, -0.2) is 14.8 Å². The standard InChI is InChI=1S/C14H22N4O2/c1-14(2,20-13(15)19)9-11-4-7-18(8-5-11)12-3-6-16-10-17-12/h3,6,10-11H,4-5,7-9H2,1-2H3,(H2,15,19). The highest BCUT2D eigenvalue weighted by molar-refractivity contribution is 5.65. The molecule has 0 unspecified atom stereocenters. The van der Waals surface area contributed by atoms with E-state index in [9.17, 15) is 4.79 Å². The van der Waals surface area contributed by atoms with Gasteiger partial charge in [0.05, 0.1) is 0 Å². The van der Waals surface area contributed by atoms with E-state index in [1.54, 1.807) is 12.5 Å². The molecule has 1 aliphatic heterocycles. The van der Waals surface area contributed by atoms with E-state index in [1.165, 1.54) is 0 Å². The molecule has 1 aromatic heterocycles. The quantitative estimate of drug-likeness (QED) is 0.910. The van der Waals surface area contributed by atoms with E-state index >= 15 is 0 Å². The van der Waals surface area contributed by atoms with E-state index in [0.717, 1.165) is 38.2 Å². The number of nitrogens with two attached hydrogens (primary N) is 1. The molecule has 2 heterocycles. The van der Waals surface area contributed by atoms with E-state index in [1.807, 2.05) is 19.9 Å². The molecule has 0 bridgehead atoms. The highest BCUT2D eigenvalue weighted by Gasteiger charge is 2.29.